The van der Waals surface area contributed by atoms with Crippen molar-refractivity contribution in [2.75, 3.05) is 13.1 Å². The third-order valence-corrected chi connectivity index (χ3v) is 5.82. The predicted octanol–water partition coefficient (Wildman–Crippen LogP) is 4.98. The lowest BCUT2D eigenvalue weighted by Gasteiger charge is -2.35. The molecule has 0 aliphatic carbocycles. The quantitative estimate of drug-likeness (QED) is 0.671. The molecule has 7 nitrogen and oxygen atoms in total. The van der Waals surface area contributed by atoms with Crippen molar-refractivity contribution in [2.24, 2.45) is 5.92 Å². The summed E-state index contributed by atoms with van der Waals surface area (Å²) in [6.45, 7) is 10.5. The fourth-order valence-electron chi connectivity index (χ4n) is 3.85. The van der Waals surface area contributed by atoms with Crippen molar-refractivity contribution < 1.29 is 28.9 Å². The average Bonchev–Trinajstić information content (AvgIpc) is 2.95. The number of aromatic carboxylic acids is 1. The van der Waals surface area contributed by atoms with Crippen molar-refractivity contribution in [3.05, 3.63) is 21.7 Å². The molecular formula is C21H28BrNO6. The lowest BCUT2D eigenvalue weighted by Crippen LogP contribution is -2.44. The monoisotopic (exact) mass is 469 g/mol. The van der Waals surface area contributed by atoms with Crippen LogP contribution >= 0.6 is 15.9 Å². The van der Waals surface area contributed by atoms with Crippen LogP contribution in [-0.2, 0) is 4.74 Å². The van der Waals surface area contributed by atoms with Crippen LogP contribution in [-0.4, -0.2) is 46.5 Å². The zero-order chi connectivity index (χ0) is 21.6. The Bertz CT molecular complexity index is 825. The second kappa shape index (κ2) is 7.70. The summed E-state index contributed by atoms with van der Waals surface area (Å²) in [4.78, 5) is 25.4. The molecule has 29 heavy (non-hydrogen) atoms. The number of fused-ring (bicyclic) bond motifs is 1. The van der Waals surface area contributed by atoms with Crippen LogP contribution in [0.25, 0.3) is 0 Å². The van der Waals surface area contributed by atoms with Crippen LogP contribution in [0, 0.1) is 12.8 Å². The third kappa shape index (κ3) is 4.79. The molecular weight excluding hydrogens is 442 g/mol. The van der Waals surface area contributed by atoms with E-state index in [9.17, 15) is 14.7 Å². The topological polar surface area (TPSA) is 85.3 Å². The van der Waals surface area contributed by atoms with Crippen LogP contribution in [0.15, 0.2) is 10.5 Å². The molecule has 0 aromatic heterocycles. The molecule has 2 aliphatic heterocycles. The summed E-state index contributed by atoms with van der Waals surface area (Å²) in [6, 6.07) is 1.55. The summed E-state index contributed by atoms with van der Waals surface area (Å²) in [5, 5.41) is 9.39. The van der Waals surface area contributed by atoms with E-state index in [4.69, 9.17) is 14.2 Å². The maximum absolute atomic E-state index is 12.2. The minimum absolute atomic E-state index is 0.189. The number of carboxylic acid groups (broad SMARTS) is 1. The SMILES string of the molecule is Cc1c(C(=O)O)cc(Br)c2c1OC(C)(CC1CCN(C(=O)OC(C)(C)C)CC1)O2. The minimum atomic E-state index is -1.00. The summed E-state index contributed by atoms with van der Waals surface area (Å²) < 4.78 is 18.3. The highest BCUT2D eigenvalue weighted by atomic mass is 79.9. The van der Waals surface area contributed by atoms with Crippen molar-refractivity contribution in [1.82, 2.24) is 4.90 Å². The number of nitrogens with zero attached hydrogens (tertiary/aromatic N) is 1. The average molecular weight is 470 g/mol. The number of carbonyl (C=O) groups excluding carboxylic acids is 1. The van der Waals surface area contributed by atoms with Gasteiger partial charge < -0.3 is 24.2 Å². The molecule has 0 radical (unpaired) electrons. The summed E-state index contributed by atoms with van der Waals surface area (Å²) >= 11 is 3.40. The lowest BCUT2D eigenvalue weighted by molar-refractivity contribution is -0.0848. The normalized spacial score (nSPS) is 21.9. The first-order chi connectivity index (χ1) is 13.4. The zero-order valence-corrected chi connectivity index (χ0v) is 19.1. The van der Waals surface area contributed by atoms with Gasteiger partial charge in [-0.15, -0.1) is 0 Å². The lowest BCUT2D eigenvalue weighted by atomic mass is 9.90. The van der Waals surface area contributed by atoms with Gasteiger partial charge in [0.15, 0.2) is 11.5 Å². The molecule has 8 heteroatoms. The first-order valence-corrected chi connectivity index (χ1v) is 10.6. The van der Waals surface area contributed by atoms with E-state index in [-0.39, 0.29) is 11.7 Å². The fraction of sp³-hybridized carbons (Fsp3) is 0.619. The number of carbonyl (C=O) groups is 2. The van der Waals surface area contributed by atoms with E-state index in [2.05, 4.69) is 15.9 Å². The van der Waals surface area contributed by atoms with Crippen molar-refractivity contribution in [1.29, 1.82) is 0 Å². The Morgan fingerprint density at radius 1 is 1.28 bits per heavy atom. The molecule has 1 fully saturated rings. The van der Waals surface area contributed by atoms with Gasteiger partial charge in [0.05, 0.1) is 10.0 Å². The van der Waals surface area contributed by atoms with Gasteiger partial charge in [-0.25, -0.2) is 9.59 Å². The molecule has 0 spiro atoms. The Kier molecular flexibility index (Phi) is 5.77. The Hall–Kier alpha value is -1.96. The number of amides is 1. The van der Waals surface area contributed by atoms with Gasteiger partial charge >= 0.3 is 12.1 Å². The molecule has 1 aromatic rings. The van der Waals surface area contributed by atoms with Gasteiger partial charge in [-0.3, -0.25) is 0 Å². The third-order valence-electron chi connectivity index (χ3n) is 5.23. The molecule has 1 amide bonds. The molecule has 0 bridgehead atoms. The first kappa shape index (κ1) is 21.7. The molecule has 0 saturated carbocycles. The second-order valence-electron chi connectivity index (χ2n) is 8.95. The number of hydrogen-bond acceptors (Lipinski definition) is 5. The van der Waals surface area contributed by atoms with Gasteiger partial charge in [-0.05, 0) is 68.5 Å². The Balaban J connectivity index is 1.63. The molecule has 2 aliphatic rings. The van der Waals surface area contributed by atoms with E-state index in [1.54, 1.807) is 17.9 Å². The highest BCUT2D eigenvalue weighted by molar-refractivity contribution is 9.10. The minimum Gasteiger partial charge on any atom is -0.478 e. The maximum Gasteiger partial charge on any atom is 0.410 e. The van der Waals surface area contributed by atoms with Gasteiger partial charge in [0.2, 0.25) is 5.79 Å². The van der Waals surface area contributed by atoms with Gasteiger partial charge in [-0.1, -0.05) is 0 Å². The van der Waals surface area contributed by atoms with Crippen molar-refractivity contribution in [3.63, 3.8) is 0 Å². The van der Waals surface area contributed by atoms with Crippen LogP contribution in [0.5, 0.6) is 11.5 Å². The number of piperidine rings is 1. The molecule has 1 N–H and O–H groups in total. The van der Waals surface area contributed by atoms with Crippen molar-refractivity contribution in [2.45, 2.75) is 65.3 Å². The fourth-order valence-corrected chi connectivity index (χ4v) is 4.34. The smallest absolute Gasteiger partial charge is 0.410 e. The van der Waals surface area contributed by atoms with E-state index in [0.29, 0.717) is 47.0 Å². The van der Waals surface area contributed by atoms with E-state index >= 15 is 0 Å². The van der Waals surface area contributed by atoms with Gasteiger partial charge in [0.25, 0.3) is 0 Å². The van der Waals surface area contributed by atoms with Crippen molar-refractivity contribution in [3.8, 4) is 11.5 Å². The van der Waals surface area contributed by atoms with E-state index < -0.39 is 17.4 Å². The molecule has 1 saturated heterocycles. The second-order valence-corrected chi connectivity index (χ2v) is 9.80. The molecule has 1 atom stereocenters. The highest BCUT2D eigenvalue weighted by Gasteiger charge is 2.42. The molecule has 1 aromatic carbocycles. The maximum atomic E-state index is 12.2. The summed E-state index contributed by atoms with van der Waals surface area (Å²) in [5.41, 5.74) is 0.243. The van der Waals surface area contributed by atoms with Gasteiger partial charge in [0, 0.05) is 32.0 Å². The van der Waals surface area contributed by atoms with E-state index in [1.807, 2.05) is 27.7 Å². The number of carboxylic acids is 1. The van der Waals surface area contributed by atoms with Gasteiger partial charge in [0.1, 0.15) is 5.60 Å². The number of halogens is 1. The molecule has 1 unspecified atom stereocenters. The van der Waals surface area contributed by atoms with E-state index in [0.717, 1.165) is 12.8 Å². The van der Waals surface area contributed by atoms with Crippen LogP contribution < -0.4 is 9.47 Å². The zero-order valence-electron chi connectivity index (χ0n) is 17.5. The number of ether oxygens (including phenoxy) is 3. The number of hydrogen-bond donors (Lipinski definition) is 1. The Labute approximate surface area is 179 Å². The molecule has 3 rings (SSSR count). The number of benzene rings is 1. The van der Waals surface area contributed by atoms with Gasteiger partial charge in [-0.2, -0.15) is 0 Å². The summed E-state index contributed by atoms with van der Waals surface area (Å²) in [5.74, 6) is -0.527. The first-order valence-electron chi connectivity index (χ1n) is 9.81. The summed E-state index contributed by atoms with van der Waals surface area (Å²) in [6.07, 6.45) is 2.04. The molecule has 2 heterocycles. The molecule has 160 valence electrons. The standard InChI is InChI=1S/C21H28BrNO6/c1-12-14(18(24)25)10-15(22)17-16(12)27-21(5,28-17)11-13-6-8-23(9-7-13)19(26)29-20(2,3)4/h10,13H,6-9,11H2,1-5H3,(H,24,25). The van der Waals surface area contributed by atoms with E-state index in [1.165, 1.54) is 0 Å². The predicted molar refractivity (Wildman–Crippen MR) is 111 cm³/mol. The number of rotatable bonds is 3. The largest absolute Gasteiger partial charge is 0.478 e. The van der Waals surface area contributed by atoms with Crippen LogP contribution in [0.1, 0.15) is 62.9 Å². The van der Waals surface area contributed by atoms with Crippen molar-refractivity contribution >= 4 is 28.0 Å². The highest BCUT2D eigenvalue weighted by Crippen LogP contribution is 2.49. The Morgan fingerprint density at radius 2 is 1.86 bits per heavy atom. The van der Waals surface area contributed by atoms with Crippen LogP contribution in [0.3, 0.4) is 0 Å². The Morgan fingerprint density at radius 3 is 2.41 bits per heavy atom. The van der Waals surface area contributed by atoms with Crippen LogP contribution in [0.4, 0.5) is 4.79 Å². The van der Waals surface area contributed by atoms with Crippen LogP contribution in [0.2, 0.25) is 0 Å². The number of likely N-dealkylation sites (tertiary alicyclic amines) is 1. The summed E-state index contributed by atoms with van der Waals surface area (Å²) in [7, 11) is 0.